The van der Waals surface area contributed by atoms with Gasteiger partial charge in [0.1, 0.15) is 5.75 Å². The molecule has 8 heteroatoms. The molecule has 0 saturated carbocycles. The van der Waals surface area contributed by atoms with Crippen LogP contribution in [0.1, 0.15) is 38.4 Å². The molecular weight excluding hydrogens is 336 g/mol. The molecule has 1 N–H and O–H groups in total. The van der Waals surface area contributed by atoms with Crippen LogP contribution in [0.15, 0.2) is 28.8 Å². The van der Waals surface area contributed by atoms with Crippen LogP contribution in [-0.4, -0.2) is 35.2 Å². The SMILES string of the molecule is Cc1noc(CCCC(=O)Oc2ccc(N(C)C(=O)NC(C)C)cc2)n1. The molecule has 0 atom stereocenters. The van der Waals surface area contributed by atoms with Crippen molar-refractivity contribution in [1.29, 1.82) is 0 Å². The summed E-state index contributed by atoms with van der Waals surface area (Å²) in [5.74, 6) is 1.20. The number of aryl methyl sites for hydroxylation is 2. The molecule has 2 aromatic rings. The quantitative estimate of drug-likeness (QED) is 0.602. The molecule has 0 aliphatic rings. The van der Waals surface area contributed by atoms with E-state index in [1.165, 1.54) is 4.90 Å². The van der Waals surface area contributed by atoms with E-state index in [4.69, 9.17) is 9.26 Å². The minimum absolute atomic E-state index is 0.0567. The van der Waals surface area contributed by atoms with Gasteiger partial charge < -0.3 is 14.6 Å². The Morgan fingerprint density at radius 2 is 1.96 bits per heavy atom. The fourth-order valence-electron chi connectivity index (χ4n) is 2.21. The number of ether oxygens (including phenoxy) is 1. The number of amides is 2. The first-order valence-electron chi connectivity index (χ1n) is 8.49. The Morgan fingerprint density at radius 3 is 2.54 bits per heavy atom. The number of aromatic nitrogens is 2. The lowest BCUT2D eigenvalue weighted by Gasteiger charge is -2.20. The van der Waals surface area contributed by atoms with E-state index in [1.54, 1.807) is 38.2 Å². The molecule has 0 radical (unpaired) electrons. The van der Waals surface area contributed by atoms with Gasteiger partial charge in [-0.15, -0.1) is 0 Å². The van der Waals surface area contributed by atoms with Crippen LogP contribution in [0.3, 0.4) is 0 Å². The lowest BCUT2D eigenvalue weighted by molar-refractivity contribution is -0.134. The molecule has 0 unspecified atom stereocenters. The van der Waals surface area contributed by atoms with Gasteiger partial charge in [-0.05, 0) is 51.5 Å². The average Bonchev–Trinajstić information content (AvgIpc) is 2.99. The molecule has 0 saturated heterocycles. The van der Waals surface area contributed by atoms with Crippen molar-refractivity contribution in [3.63, 3.8) is 0 Å². The maximum absolute atomic E-state index is 12.0. The van der Waals surface area contributed by atoms with E-state index in [1.807, 2.05) is 13.8 Å². The van der Waals surface area contributed by atoms with Crippen molar-refractivity contribution in [1.82, 2.24) is 15.5 Å². The Balaban J connectivity index is 1.80. The molecule has 2 rings (SSSR count). The molecule has 140 valence electrons. The Morgan fingerprint density at radius 1 is 1.27 bits per heavy atom. The predicted octanol–water partition coefficient (Wildman–Crippen LogP) is 2.86. The van der Waals surface area contributed by atoms with Crippen LogP contribution in [-0.2, 0) is 11.2 Å². The van der Waals surface area contributed by atoms with E-state index in [2.05, 4.69) is 15.5 Å². The van der Waals surface area contributed by atoms with Gasteiger partial charge in [-0.25, -0.2) is 4.79 Å². The van der Waals surface area contributed by atoms with Gasteiger partial charge in [-0.2, -0.15) is 4.98 Å². The zero-order valence-corrected chi connectivity index (χ0v) is 15.5. The van der Waals surface area contributed by atoms with E-state index in [9.17, 15) is 9.59 Å². The second-order valence-electron chi connectivity index (χ2n) is 6.22. The van der Waals surface area contributed by atoms with Gasteiger partial charge >= 0.3 is 12.0 Å². The smallest absolute Gasteiger partial charge is 0.321 e. The number of carbonyl (C=O) groups is 2. The number of anilines is 1. The number of nitrogens with one attached hydrogen (secondary N) is 1. The summed E-state index contributed by atoms with van der Waals surface area (Å²) >= 11 is 0. The van der Waals surface area contributed by atoms with Crippen molar-refractivity contribution >= 4 is 17.7 Å². The van der Waals surface area contributed by atoms with Crippen molar-refractivity contribution in [3.05, 3.63) is 36.0 Å². The first kappa shape index (κ1) is 19.4. The number of benzene rings is 1. The highest BCUT2D eigenvalue weighted by Gasteiger charge is 2.12. The maximum atomic E-state index is 12.0. The summed E-state index contributed by atoms with van der Waals surface area (Å²) in [5.41, 5.74) is 0.703. The van der Waals surface area contributed by atoms with Gasteiger partial charge in [0.2, 0.25) is 5.89 Å². The number of urea groups is 1. The normalized spacial score (nSPS) is 10.7. The summed E-state index contributed by atoms with van der Waals surface area (Å²) in [6.45, 7) is 5.54. The average molecular weight is 360 g/mol. The van der Waals surface area contributed by atoms with Crippen molar-refractivity contribution < 1.29 is 18.8 Å². The lowest BCUT2D eigenvalue weighted by Crippen LogP contribution is -2.40. The summed E-state index contributed by atoms with van der Waals surface area (Å²) in [7, 11) is 1.68. The Bertz CT molecular complexity index is 740. The summed E-state index contributed by atoms with van der Waals surface area (Å²) in [6, 6.07) is 6.64. The zero-order chi connectivity index (χ0) is 19.1. The van der Waals surface area contributed by atoms with E-state index in [-0.39, 0.29) is 24.5 Å². The summed E-state index contributed by atoms with van der Waals surface area (Å²) in [4.78, 5) is 29.4. The highest BCUT2D eigenvalue weighted by molar-refractivity contribution is 5.91. The van der Waals surface area contributed by atoms with E-state index in [0.717, 1.165) is 0 Å². The minimum Gasteiger partial charge on any atom is -0.427 e. The molecule has 8 nitrogen and oxygen atoms in total. The standard InChI is InChI=1S/C18H24N4O4/c1-12(2)19-18(24)22(4)14-8-10-15(11-9-14)25-17(23)7-5-6-16-20-13(3)21-26-16/h8-12H,5-7H2,1-4H3,(H,19,24). The number of esters is 1. The van der Waals surface area contributed by atoms with E-state index in [0.29, 0.717) is 36.0 Å². The fourth-order valence-corrected chi connectivity index (χ4v) is 2.21. The minimum atomic E-state index is -0.333. The molecule has 0 aliphatic heterocycles. The third-order valence-electron chi connectivity index (χ3n) is 3.51. The highest BCUT2D eigenvalue weighted by Crippen LogP contribution is 2.19. The molecular formula is C18H24N4O4. The monoisotopic (exact) mass is 360 g/mol. The van der Waals surface area contributed by atoms with E-state index < -0.39 is 0 Å². The third-order valence-corrected chi connectivity index (χ3v) is 3.51. The van der Waals surface area contributed by atoms with Crippen LogP contribution in [0, 0.1) is 6.92 Å². The topological polar surface area (TPSA) is 97.6 Å². The van der Waals surface area contributed by atoms with Crippen LogP contribution in [0.25, 0.3) is 0 Å². The molecule has 26 heavy (non-hydrogen) atoms. The number of rotatable bonds is 7. The lowest BCUT2D eigenvalue weighted by atomic mass is 10.2. The van der Waals surface area contributed by atoms with Crippen molar-refractivity contribution in [2.45, 2.75) is 46.1 Å². The second-order valence-corrected chi connectivity index (χ2v) is 6.22. The molecule has 1 heterocycles. The molecule has 0 fully saturated rings. The van der Waals surface area contributed by atoms with Crippen LogP contribution in [0.5, 0.6) is 5.75 Å². The summed E-state index contributed by atoms with van der Waals surface area (Å²) in [6.07, 6.45) is 1.35. The van der Waals surface area contributed by atoms with Gasteiger partial charge in [-0.1, -0.05) is 5.16 Å². The Hall–Kier alpha value is -2.90. The molecule has 0 bridgehead atoms. The Labute approximate surface area is 152 Å². The van der Waals surface area contributed by atoms with E-state index >= 15 is 0 Å². The zero-order valence-electron chi connectivity index (χ0n) is 15.5. The Kier molecular flexibility index (Phi) is 6.71. The number of nitrogens with zero attached hydrogens (tertiary/aromatic N) is 3. The van der Waals surface area contributed by atoms with Gasteiger partial charge in [-0.3, -0.25) is 9.69 Å². The van der Waals surface area contributed by atoms with Crippen LogP contribution in [0.2, 0.25) is 0 Å². The van der Waals surface area contributed by atoms with Crippen molar-refractivity contribution in [2.24, 2.45) is 0 Å². The van der Waals surface area contributed by atoms with Crippen molar-refractivity contribution in [3.8, 4) is 5.75 Å². The molecule has 1 aromatic carbocycles. The molecule has 2 amide bonds. The summed E-state index contributed by atoms with van der Waals surface area (Å²) in [5, 5.41) is 6.51. The van der Waals surface area contributed by atoms with Gasteiger partial charge in [0, 0.05) is 31.6 Å². The molecule has 1 aromatic heterocycles. The van der Waals surface area contributed by atoms with Crippen molar-refractivity contribution in [2.75, 3.05) is 11.9 Å². The number of hydrogen-bond acceptors (Lipinski definition) is 6. The highest BCUT2D eigenvalue weighted by atomic mass is 16.5. The van der Waals surface area contributed by atoms with Gasteiger partial charge in [0.25, 0.3) is 0 Å². The van der Waals surface area contributed by atoms with Crippen LogP contribution < -0.4 is 15.0 Å². The largest absolute Gasteiger partial charge is 0.427 e. The fraction of sp³-hybridized carbons (Fsp3) is 0.444. The van der Waals surface area contributed by atoms with Crippen LogP contribution >= 0.6 is 0 Å². The van der Waals surface area contributed by atoms with Gasteiger partial charge in [0.15, 0.2) is 5.82 Å². The molecule has 0 aliphatic carbocycles. The van der Waals surface area contributed by atoms with Crippen LogP contribution in [0.4, 0.5) is 10.5 Å². The summed E-state index contributed by atoms with van der Waals surface area (Å²) < 4.78 is 10.3. The first-order chi connectivity index (χ1) is 12.3. The third kappa shape index (κ3) is 5.87. The molecule has 0 spiro atoms. The number of hydrogen-bond donors (Lipinski definition) is 1. The first-order valence-corrected chi connectivity index (χ1v) is 8.49. The number of carbonyl (C=O) groups excluding carboxylic acids is 2. The van der Waals surface area contributed by atoms with Gasteiger partial charge in [0.05, 0.1) is 0 Å². The predicted molar refractivity (Wildman–Crippen MR) is 96.1 cm³/mol. The maximum Gasteiger partial charge on any atom is 0.321 e. The second kappa shape index (κ2) is 8.98.